The largest absolute Gasteiger partial charge is 0.373 e. The molecule has 2 fully saturated rings. The first-order chi connectivity index (χ1) is 12.0. The molecule has 3 atom stereocenters. The van der Waals surface area contributed by atoms with E-state index in [-0.39, 0.29) is 36.6 Å². The molecule has 0 saturated carbocycles. The Hall–Kier alpha value is -0.430. The van der Waals surface area contributed by atoms with Crippen LogP contribution < -0.4 is 15.4 Å². The molecule has 26 heavy (non-hydrogen) atoms. The summed E-state index contributed by atoms with van der Waals surface area (Å²) >= 11 is 1.27. The summed E-state index contributed by atoms with van der Waals surface area (Å²) < 4.78 is 33.2. The minimum absolute atomic E-state index is 0. The minimum atomic E-state index is -3.44. The van der Waals surface area contributed by atoms with Gasteiger partial charge in [0.25, 0.3) is 0 Å². The van der Waals surface area contributed by atoms with Crippen LogP contribution in [0, 0.1) is 6.92 Å². The molecule has 3 N–H and O–H groups in total. The van der Waals surface area contributed by atoms with Crippen molar-refractivity contribution in [2.75, 3.05) is 19.6 Å². The monoisotopic (exact) mass is 514 g/mol. The Bertz CT molecular complexity index is 723. The fourth-order valence-corrected chi connectivity index (χ4v) is 5.61. The van der Waals surface area contributed by atoms with Crippen LogP contribution in [-0.2, 0) is 14.8 Å². The number of aliphatic imine (C=N–C) groups is 1. The number of hydrogen-bond donors (Lipinski definition) is 3. The average Bonchev–Trinajstić information content (AvgIpc) is 3.28. The van der Waals surface area contributed by atoms with Crippen LogP contribution in [0.1, 0.15) is 31.1 Å². The summed E-state index contributed by atoms with van der Waals surface area (Å²) in [4.78, 5) is 5.45. The van der Waals surface area contributed by atoms with E-state index in [2.05, 4.69) is 20.3 Å². The molecule has 2 saturated heterocycles. The highest BCUT2D eigenvalue weighted by Crippen LogP contribution is 2.34. The second kappa shape index (κ2) is 9.67. The summed E-state index contributed by atoms with van der Waals surface area (Å²) in [7, 11) is -3.44. The van der Waals surface area contributed by atoms with Gasteiger partial charge in [-0.05, 0) is 45.2 Å². The summed E-state index contributed by atoms with van der Waals surface area (Å²) in [6.07, 6.45) is 3.92. The number of thiophene rings is 1. The predicted molar refractivity (Wildman–Crippen MR) is 115 cm³/mol. The van der Waals surface area contributed by atoms with E-state index in [1.807, 2.05) is 19.9 Å². The van der Waals surface area contributed by atoms with Gasteiger partial charge in [-0.1, -0.05) is 0 Å². The van der Waals surface area contributed by atoms with Crippen molar-refractivity contribution in [2.24, 2.45) is 4.99 Å². The van der Waals surface area contributed by atoms with E-state index in [1.54, 1.807) is 6.07 Å². The number of hydrogen-bond acceptors (Lipinski definition) is 5. The summed E-state index contributed by atoms with van der Waals surface area (Å²) in [6.45, 7) is 5.30. The standard InChI is InChI=1S/C16H26N4O3S2.HI/c1-3-17-16(20-13-10-12-5-6-14(13)23-12)18-8-9-19-25(21,22)15-7-4-11(2)24-15;/h4,7,12-14,19H,3,5-6,8-10H2,1-2H3,(H2,17,18,20);1H. The molecule has 3 heterocycles. The fourth-order valence-electron chi connectivity index (χ4n) is 3.26. The van der Waals surface area contributed by atoms with Crippen molar-refractivity contribution in [1.82, 2.24) is 15.4 Å². The Morgan fingerprint density at radius 2 is 2.19 bits per heavy atom. The van der Waals surface area contributed by atoms with Gasteiger partial charge in [-0.25, -0.2) is 13.1 Å². The van der Waals surface area contributed by atoms with Crippen LogP contribution in [0.15, 0.2) is 21.3 Å². The van der Waals surface area contributed by atoms with Crippen LogP contribution in [0.5, 0.6) is 0 Å². The first-order valence-electron chi connectivity index (χ1n) is 8.74. The summed E-state index contributed by atoms with van der Waals surface area (Å²) in [5.74, 6) is 0.717. The van der Waals surface area contributed by atoms with Gasteiger partial charge in [0.1, 0.15) is 4.21 Å². The summed E-state index contributed by atoms with van der Waals surface area (Å²) in [6, 6.07) is 3.73. The maximum atomic E-state index is 12.2. The van der Waals surface area contributed by atoms with Gasteiger partial charge in [0.05, 0.1) is 24.8 Å². The molecule has 1 aromatic heterocycles. The van der Waals surface area contributed by atoms with Gasteiger partial charge in [-0.3, -0.25) is 4.99 Å². The number of halogens is 1. The quantitative estimate of drug-likeness (QED) is 0.224. The zero-order valence-electron chi connectivity index (χ0n) is 15.0. The molecule has 2 aliphatic rings. The third kappa shape index (κ3) is 5.54. The van der Waals surface area contributed by atoms with Crippen molar-refractivity contribution in [2.45, 2.75) is 55.6 Å². The highest BCUT2D eigenvalue weighted by atomic mass is 127. The lowest BCUT2D eigenvalue weighted by Crippen LogP contribution is -2.47. The molecule has 10 heteroatoms. The molecule has 0 aromatic carbocycles. The van der Waals surface area contributed by atoms with Crippen molar-refractivity contribution in [3.8, 4) is 0 Å². The molecule has 3 rings (SSSR count). The van der Waals surface area contributed by atoms with Crippen LogP contribution in [0.3, 0.4) is 0 Å². The first-order valence-corrected chi connectivity index (χ1v) is 11.0. The van der Waals surface area contributed by atoms with E-state index in [9.17, 15) is 8.42 Å². The Morgan fingerprint density at radius 3 is 2.77 bits per heavy atom. The second-order valence-electron chi connectivity index (χ2n) is 6.38. The maximum Gasteiger partial charge on any atom is 0.250 e. The van der Waals surface area contributed by atoms with Gasteiger partial charge < -0.3 is 15.4 Å². The highest BCUT2D eigenvalue weighted by Gasteiger charge is 2.41. The first kappa shape index (κ1) is 21.9. The topological polar surface area (TPSA) is 91.8 Å². The molecule has 3 unspecified atom stereocenters. The third-order valence-electron chi connectivity index (χ3n) is 4.43. The van der Waals surface area contributed by atoms with Gasteiger partial charge in [-0.15, -0.1) is 35.3 Å². The van der Waals surface area contributed by atoms with E-state index in [0.717, 1.165) is 36.6 Å². The SMILES string of the molecule is CCNC(=NCCNS(=O)(=O)c1ccc(C)s1)NC1CC2CCC1O2.I. The number of aryl methyl sites for hydroxylation is 1. The van der Waals surface area contributed by atoms with Gasteiger partial charge in [0, 0.05) is 18.0 Å². The van der Waals surface area contributed by atoms with E-state index < -0.39 is 10.0 Å². The normalized spacial score (nSPS) is 25.2. The number of nitrogens with zero attached hydrogens (tertiary/aromatic N) is 1. The van der Waals surface area contributed by atoms with E-state index >= 15 is 0 Å². The molecular weight excluding hydrogens is 487 g/mol. The Kier molecular flexibility index (Phi) is 8.13. The van der Waals surface area contributed by atoms with Gasteiger partial charge in [0.2, 0.25) is 10.0 Å². The third-order valence-corrected chi connectivity index (χ3v) is 7.38. The molecule has 0 spiro atoms. The van der Waals surface area contributed by atoms with Crippen LogP contribution in [0.2, 0.25) is 0 Å². The van der Waals surface area contributed by atoms with Crippen LogP contribution in [0.25, 0.3) is 0 Å². The van der Waals surface area contributed by atoms with Crippen LogP contribution in [0.4, 0.5) is 0 Å². The number of nitrogens with one attached hydrogen (secondary N) is 3. The number of ether oxygens (including phenoxy) is 1. The smallest absolute Gasteiger partial charge is 0.250 e. The lowest BCUT2D eigenvalue weighted by atomic mass is 9.96. The fraction of sp³-hybridized carbons (Fsp3) is 0.688. The number of sulfonamides is 1. The van der Waals surface area contributed by atoms with Gasteiger partial charge >= 0.3 is 0 Å². The van der Waals surface area contributed by atoms with Gasteiger partial charge in [-0.2, -0.15) is 0 Å². The maximum absolute atomic E-state index is 12.2. The van der Waals surface area contributed by atoms with Crippen LogP contribution in [-0.4, -0.2) is 52.3 Å². The summed E-state index contributed by atoms with van der Waals surface area (Å²) in [5, 5.41) is 6.63. The Morgan fingerprint density at radius 1 is 1.38 bits per heavy atom. The zero-order valence-corrected chi connectivity index (χ0v) is 19.0. The zero-order chi connectivity index (χ0) is 17.9. The van der Waals surface area contributed by atoms with E-state index in [4.69, 9.17) is 4.74 Å². The second-order valence-corrected chi connectivity index (χ2v) is 9.67. The number of guanidine groups is 1. The molecule has 0 aliphatic carbocycles. The predicted octanol–water partition coefficient (Wildman–Crippen LogP) is 1.83. The van der Waals surface area contributed by atoms with Crippen molar-refractivity contribution in [3.05, 3.63) is 17.0 Å². The highest BCUT2D eigenvalue weighted by molar-refractivity contribution is 14.0. The molecule has 2 bridgehead atoms. The summed E-state index contributed by atoms with van der Waals surface area (Å²) in [5.41, 5.74) is 0. The molecular formula is C16H27IN4O3S2. The van der Waals surface area contributed by atoms with E-state index in [1.165, 1.54) is 11.3 Å². The molecule has 148 valence electrons. The lowest BCUT2D eigenvalue weighted by molar-refractivity contribution is 0.0992. The Labute approximate surface area is 176 Å². The molecule has 0 radical (unpaired) electrons. The van der Waals surface area contributed by atoms with Crippen molar-refractivity contribution in [3.63, 3.8) is 0 Å². The minimum Gasteiger partial charge on any atom is -0.373 e. The van der Waals surface area contributed by atoms with Crippen molar-refractivity contribution < 1.29 is 13.2 Å². The van der Waals surface area contributed by atoms with Crippen LogP contribution >= 0.6 is 35.3 Å². The molecule has 7 nitrogen and oxygen atoms in total. The number of fused-ring (bicyclic) bond motifs is 2. The Balaban J connectivity index is 0.00000243. The molecule has 0 amide bonds. The molecule has 2 aliphatic heterocycles. The lowest BCUT2D eigenvalue weighted by Gasteiger charge is -2.22. The van der Waals surface area contributed by atoms with E-state index in [0.29, 0.717) is 22.9 Å². The van der Waals surface area contributed by atoms with Crippen molar-refractivity contribution in [1.29, 1.82) is 0 Å². The molecule has 1 aromatic rings. The van der Waals surface area contributed by atoms with Crippen molar-refractivity contribution >= 4 is 51.3 Å². The number of rotatable bonds is 7. The average molecular weight is 514 g/mol. The van der Waals surface area contributed by atoms with Gasteiger partial charge in [0.15, 0.2) is 5.96 Å².